The van der Waals surface area contributed by atoms with Crippen molar-refractivity contribution in [2.45, 2.75) is 63.3 Å². The fourth-order valence-electron chi connectivity index (χ4n) is 2.60. The van der Waals surface area contributed by atoms with E-state index in [1.54, 1.807) is 0 Å². The lowest BCUT2D eigenvalue weighted by molar-refractivity contribution is -0.151. The van der Waals surface area contributed by atoms with E-state index in [0.29, 0.717) is 17.5 Å². The maximum absolute atomic E-state index is 14.4. The molecule has 0 aromatic heterocycles. The molecule has 9 nitrogen and oxygen atoms in total. The number of aliphatic hydroxyl groups excluding tert-OH is 2. The van der Waals surface area contributed by atoms with Gasteiger partial charge in [0.25, 0.3) is 0 Å². The minimum Gasteiger partial charge on any atom is -0.463 e. The Labute approximate surface area is 144 Å². The monoisotopic (exact) mass is 361 g/mol. The molecule has 25 heavy (non-hydrogen) atoms. The summed E-state index contributed by atoms with van der Waals surface area (Å²) >= 11 is 0. The standard InChI is InChI=1S/C15H24FN3O6/c1-3-4-5-6-24-13(22)15(17)9(16)7-19(14(23)18-15)12-11(21)10(20)8(2)25-12/h7-8,10-12,20-21H,3-6,17H2,1-2H3,(H,18,23)/t8-,10-,11-,12-,15?/m1/s1. The molecule has 2 aliphatic heterocycles. The van der Waals surface area contributed by atoms with Gasteiger partial charge in [0.05, 0.1) is 12.7 Å². The van der Waals surface area contributed by atoms with Gasteiger partial charge < -0.3 is 25.0 Å². The molecule has 0 bridgehead atoms. The van der Waals surface area contributed by atoms with Gasteiger partial charge in [-0.2, -0.15) is 0 Å². The second-order valence-corrected chi connectivity index (χ2v) is 6.18. The fraction of sp³-hybridized carbons (Fsp3) is 0.733. The molecule has 0 aromatic rings. The summed E-state index contributed by atoms with van der Waals surface area (Å²) in [4.78, 5) is 25.0. The van der Waals surface area contributed by atoms with Gasteiger partial charge in [0, 0.05) is 6.20 Å². The highest BCUT2D eigenvalue weighted by Gasteiger charge is 2.51. The van der Waals surface area contributed by atoms with E-state index in [2.05, 4.69) is 0 Å². The van der Waals surface area contributed by atoms with E-state index >= 15 is 0 Å². The Morgan fingerprint density at radius 1 is 1.48 bits per heavy atom. The molecule has 0 saturated carbocycles. The zero-order valence-corrected chi connectivity index (χ0v) is 14.1. The van der Waals surface area contributed by atoms with Crippen LogP contribution in [0.15, 0.2) is 12.0 Å². The molecule has 142 valence electrons. The number of ether oxygens (including phenoxy) is 2. The molecule has 2 aliphatic rings. The highest BCUT2D eigenvalue weighted by molar-refractivity contribution is 5.91. The SMILES string of the molecule is CCCCCOC(=O)C1(N)NC(=O)N([C@@H]2O[C@H](C)[C@@H](O)[C@H]2O)C=C1F. The molecule has 5 atom stereocenters. The molecule has 0 aromatic carbocycles. The average Bonchev–Trinajstić information content (AvgIpc) is 2.82. The van der Waals surface area contributed by atoms with Crippen LogP contribution in [0.5, 0.6) is 0 Å². The summed E-state index contributed by atoms with van der Waals surface area (Å²) in [5, 5.41) is 21.7. The van der Waals surface area contributed by atoms with E-state index in [0.717, 1.165) is 12.8 Å². The average molecular weight is 361 g/mol. The minimum atomic E-state index is -2.44. The van der Waals surface area contributed by atoms with Crippen LogP contribution in [-0.2, 0) is 14.3 Å². The Morgan fingerprint density at radius 3 is 2.72 bits per heavy atom. The number of amides is 2. The van der Waals surface area contributed by atoms with Crippen molar-refractivity contribution in [2.24, 2.45) is 5.73 Å². The van der Waals surface area contributed by atoms with Gasteiger partial charge in [-0.15, -0.1) is 0 Å². The molecule has 0 aliphatic carbocycles. The van der Waals surface area contributed by atoms with Crippen LogP contribution in [0.25, 0.3) is 0 Å². The number of carbonyl (C=O) groups excluding carboxylic acids is 2. The number of esters is 1. The van der Waals surface area contributed by atoms with E-state index < -0.39 is 48.0 Å². The number of urea groups is 1. The zero-order valence-electron chi connectivity index (χ0n) is 14.1. The van der Waals surface area contributed by atoms with Gasteiger partial charge >= 0.3 is 12.0 Å². The number of nitrogens with one attached hydrogen (secondary N) is 1. The number of rotatable bonds is 6. The molecule has 2 rings (SSSR count). The largest absolute Gasteiger partial charge is 0.463 e. The van der Waals surface area contributed by atoms with E-state index in [9.17, 15) is 24.2 Å². The van der Waals surface area contributed by atoms with Crippen molar-refractivity contribution in [1.82, 2.24) is 10.2 Å². The van der Waals surface area contributed by atoms with E-state index in [4.69, 9.17) is 15.2 Å². The first-order valence-corrected chi connectivity index (χ1v) is 8.18. The molecular formula is C15H24FN3O6. The lowest BCUT2D eigenvalue weighted by Crippen LogP contribution is -2.68. The van der Waals surface area contributed by atoms with Crippen molar-refractivity contribution in [3.63, 3.8) is 0 Å². The van der Waals surface area contributed by atoms with Crippen molar-refractivity contribution in [3.8, 4) is 0 Å². The van der Waals surface area contributed by atoms with Gasteiger partial charge in [-0.25, -0.2) is 14.0 Å². The van der Waals surface area contributed by atoms with Crippen LogP contribution in [0.3, 0.4) is 0 Å². The maximum atomic E-state index is 14.4. The molecule has 1 unspecified atom stereocenters. The summed E-state index contributed by atoms with van der Waals surface area (Å²) in [6.45, 7) is 3.53. The molecular weight excluding hydrogens is 337 g/mol. The summed E-state index contributed by atoms with van der Waals surface area (Å²) in [6, 6.07) is -0.959. The molecule has 0 spiro atoms. The van der Waals surface area contributed by atoms with Crippen molar-refractivity contribution >= 4 is 12.0 Å². The lowest BCUT2D eigenvalue weighted by Gasteiger charge is -2.37. The second kappa shape index (κ2) is 7.65. The van der Waals surface area contributed by atoms with Gasteiger partial charge in [0.2, 0.25) is 5.66 Å². The second-order valence-electron chi connectivity index (χ2n) is 6.18. The summed E-state index contributed by atoms with van der Waals surface area (Å²) in [6.07, 6.45) is -1.71. The quantitative estimate of drug-likeness (QED) is 0.376. The molecule has 10 heteroatoms. The van der Waals surface area contributed by atoms with Crippen molar-refractivity contribution in [1.29, 1.82) is 0 Å². The zero-order chi connectivity index (χ0) is 18.8. The number of halogens is 1. The highest BCUT2D eigenvalue weighted by atomic mass is 19.1. The Morgan fingerprint density at radius 2 is 2.16 bits per heavy atom. The van der Waals surface area contributed by atoms with E-state index in [1.165, 1.54) is 6.92 Å². The van der Waals surface area contributed by atoms with Crippen molar-refractivity contribution in [2.75, 3.05) is 6.61 Å². The molecule has 1 saturated heterocycles. The number of unbranched alkanes of at least 4 members (excludes halogenated alkanes) is 2. The van der Waals surface area contributed by atoms with Crippen LogP contribution in [-0.4, -0.2) is 63.9 Å². The first-order chi connectivity index (χ1) is 11.7. The third-order valence-electron chi connectivity index (χ3n) is 4.22. The predicted molar refractivity (Wildman–Crippen MR) is 83.3 cm³/mol. The Bertz CT molecular complexity index is 559. The third kappa shape index (κ3) is 3.76. The normalized spacial score (nSPS) is 35.4. The van der Waals surface area contributed by atoms with Gasteiger partial charge in [-0.3, -0.25) is 10.6 Å². The van der Waals surface area contributed by atoms with E-state index in [-0.39, 0.29) is 6.61 Å². The van der Waals surface area contributed by atoms with Gasteiger partial charge in [0.1, 0.15) is 12.2 Å². The highest BCUT2D eigenvalue weighted by Crippen LogP contribution is 2.29. The molecule has 5 N–H and O–H groups in total. The number of nitrogens with zero attached hydrogens (tertiary/aromatic N) is 1. The Balaban J connectivity index is 2.11. The molecule has 2 amide bonds. The lowest BCUT2D eigenvalue weighted by atomic mass is 10.1. The predicted octanol–water partition coefficient (Wildman–Crippen LogP) is -0.322. The van der Waals surface area contributed by atoms with Crippen LogP contribution in [0.1, 0.15) is 33.1 Å². The summed E-state index contributed by atoms with van der Waals surface area (Å²) in [5.41, 5.74) is 3.24. The van der Waals surface area contributed by atoms with Crippen LogP contribution >= 0.6 is 0 Å². The van der Waals surface area contributed by atoms with Gasteiger partial charge in [-0.05, 0) is 13.3 Å². The number of hydrogen-bond acceptors (Lipinski definition) is 7. The molecule has 1 fully saturated rings. The number of hydrogen-bond donors (Lipinski definition) is 4. The smallest absolute Gasteiger partial charge is 0.354 e. The van der Waals surface area contributed by atoms with Crippen LogP contribution in [0.4, 0.5) is 9.18 Å². The van der Waals surface area contributed by atoms with Gasteiger partial charge in [-0.1, -0.05) is 19.8 Å². The molecule has 0 radical (unpaired) electrons. The van der Waals surface area contributed by atoms with Crippen LogP contribution in [0.2, 0.25) is 0 Å². The number of carbonyl (C=O) groups is 2. The number of nitrogens with two attached hydrogens (primary N) is 1. The first kappa shape index (κ1) is 19.6. The van der Waals surface area contributed by atoms with Crippen molar-refractivity contribution < 1.29 is 33.7 Å². The Kier molecular flexibility index (Phi) is 5.99. The van der Waals surface area contributed by atoms with Crippen LogP contribution in [0, 0.1) is 0 Å². The summed E-state index contributed by atoms with van der Waals surface area (Å²) in [5.74, 6) is -2.29. The Hall–Kier alpha value is -1.75. The molecule has 2 heterocycles. The first-order valence-electron chi connectivity index (χ1n) is 8.18. The van der Waals surface area contributed by atoms with Crippen molar-refractivity contribution in [3.05, 3.63) is 12.0 Å². The fourth-order valence-corrected chi connectivity index (χ4v) is 2.60. The minimum absolute atomic E-state index is 0.0621. The topological polar surface area (TPSA) is 134 Å². The van der Waals surface area contributed by atoms with Gasteiger partial charge in [0.15, 0.2) is 12.1 Å². The van der Waals surface area contributed by atoms with Crippen LogP contribution < -0.4 is 11.1 Å². The third-order valence-corrected chi connectivity index (χ3v) is 4.22. The maximum Gasteiger partial charge on any atom is 0.354 e. The van der Waals surface area contributed by atoms with E-state index in [1.807, 2.05) is 12.2 Å². The number of aliphatic hydroxyl groups is 2. The summed E-state index contributed by atoms with van der Waals surface area (Å²) in [7, 11) is 0. The summed E-state index contributed by atoms with van der Waals surface area (Å²) < 4.78 is 24.6.